The van der Waals surface area contributed by atoms with E-state index >= 15 is 0 Å². The van der Waals surface area contributed by atoms with Crippen LogP contribution in [0, 0.1) is 0 Å². The van der Waals surface area contributed by atoms with Gasteiger partial charge in [0.2, 0.25) is 0 Å². The maximum atomic E-state index is 6.64. The molecule has 2 N–H and O–H groups in total. The molecular formula is C22H32N2. The van der Waals surface area contributed by atoms with Crippen molar-refractivity contribution >= 4 is 0 Å². The summed E-state index contributed by atoms with van der Waals surface area (Å²) >= 11 is 0. The maximum absolute atomic E-state index is 6.64. The zero-order valence-electron chi connectivity index (χ0n) is 15.2. The molecule has 2 nitrogen and oxygen atoms in total. The summed E-state index contributed by atoms with van der Waals surface area (Å²) in [5, 5.41) is 0. The largest absolute Gasteiger partial charge is 0.402 e. The lowest BCUT2D eigenvalue weighted by Gasteiger charge is -2.22. The third-order valence-electron chi connectivity index (χ3n) is 5.75. The fraction of sp³-hybridized carbons (Fsp3) is 0.591. The first-order valence-corrected chi connectivity index (χ1v) is 9.91. The monoisotopic (exact) mass is 324 g/mol. The number of rotatable bonds is 2. The minimum Gasteiger partial charge on any atom is -0.402 e. The molecule has 1 heterocycles. The van der Waals surface area contributed by atoms with Crippen molar-refractivity contribution in [3.05, 3.63) is 52.0 Å². The summed E-state index contributed by atoms with van der Waals surface area (Å²) in [5.74, 6) is 0. The van der Waals surface area contributed by atoms with Crippen LogP contribution in [0.15, 0.2) is 40.7 Å². The van der Waals surface area contributed by atoms with Gasteiger partial charge in [0.15, 0.2) is 0 Å². The Labute approximate surface area is 147 Å². The second-order valence-corrected chi connectivity index (χ2v) is 7.32. The lowest BCUT2D eigenvalue weighted by molar-refractivity contribution is 0.601. The van der Waals surface area contributed by atoms with Crippen LogP contribution in [0.2, 0.25) is 0 Å². The number of aromatic nitrogens is 1. The molecule has 0 aliphatic heterocycles. The molecule has 1 aromatic rings. The molecule has 2 heteroatoms. The van der Waals surface area contributed by atoms with Gasteiger partial charge in [0.1, 0.15) is 0 Å². The number of hydrogen-bond acceptors (Lipinski definition) is 2. The number of fused-ring (bicyclic) bond motifs is 1. The van der Waals surface area contributed by atoms with E-state index in [1.807, 2.05) is 6.20 Å². The topological polar surface area (TPSA) is 38.9 Å². The van der Waals surface area contributed by atoms with Crippen molar-refractivity contribution in [1.29, 1.82) is 0 Å². The molecule has 2 aliphatic carbocycles. The highest BCUT2D eigenvalue weighted by Crippen LogP contribution is 2.34. The Balaban J connectivity index is 1.89. The van der Waals surface area contributed by atoms with Crippen LogP contribution in [0.5, 0.6) is 0 Å². The molecule has 3 rings (SSSR count). The highest BCUT2D eigenvalue weighted by atomic mass is 14.7. The van der Waals surface area contributed by atoms with E-state index in [0.717, 1.165) is 31.4 Å². The summed E-state index contributed by atoms with van der Waals surface area (Å²) in [6.45, 7) is 2.32. The summed E-state index contributed by atoms with van der Waals surface area (Å²) in [6, 6.07) is 4.29. The normalized spacial score (nSPS) is 26.5. The fourth-order valence-corrected chi connectivity index (χ4v) is 4.36. The Morgan fingerprint density at radius 3 is 2.50 bits per heavy atom. The summed E-state index contributed by atoms with van der Waals surface area (Å²) in [5.41, 5.74) is 15.3. The van der Waals surface area contributed by atoms with Crippen molar-refractivity contribution < 1.29 is 0 Å². The Hall–Kier alpha value is -1.57. The van der Waals surface area contributed by atoms with Gasteiger partial charge in [-0.05, 0) is 87.0 Å². The molecule has 24 heavy (non-hydrogen) atoms. The van der Waals surface area contributed by atoms with E-state index in [1.54, 1.807) is 11.1 Å². The van der Waals surface area contributed by atoms with Gasteiger partial charge in [-0.2, -0.15) is 0 Å². The van der Waals surface area contributed by atoms with Crippen LogP contribution >= 0.6 is 0 Å². The third kappa shape index (κ3) is 4.09. The van der Waals surface area contributed by atoms with Crippen molar-refractivity contribution in [1.82, 2.24) is 4.98 Å². The Kier molecular flexibility index (Phi) is 6.12. The van der Waals surface area contributed by atoms with Gasteiger partial charge >= 0.3 is 0 Å². The molecule has 1 aromatic heterocycles. The van der Waals surface area contributed by atoms with Crippen molar-refractivity contribution in [3.63, 3.8) is 0 Å². The van der Waals surface area contributed by atoms with Crippen molar-refractivity contribution in [2.45, 2.75) is 84.0 Å². The predicted molar refractivity (Wildman–Crippen MR) is 102 cm³/mol. The number of aryl methyl sites for hydroxylation is 2. The Morgan fingerprint density at radius 2 is 1.67 bits per heavy atom. The van der Waals surface area contributed by atoms with Gasteiger partial charge < -0.3 is 5.73 Å². The summed E-state index contributed by atoms with van der Waals surface area (Å²) in [6.07, 6.45) is 16.5. The summed E-state index contributed by atoms with van der Waals surface area (Å²) in [4.78, 5) is 4.61. The van der Waals surface area contributed by atoms with Crippen LogP contribution in [-0.4, -0.2) is 4.98 Å². The fourth-order valence-electron chi connectivity index (χ4n) is 4.36. The highest BCUT2D eigenvalue weighted by molar-refractivity contribution is 5.39. The molecule has 0 unspecified atom stereocenters. The minimum atomic E-state index is 0.981. The minimum absolute atomic E-state index is 0.981. The zero-order chi connectivity index (χ0) is 16.8. The van der Waals surface area contributed by atoms with Crippen LogP contribution < -0.4 is 5.73 Å². The van der Waals surface area contributed by atoms with E-state index < -0.39 is 0 Å². The van der Waals surface area contributed by atoms with Crippen LogP contribution in [0.25, 0.3) is 0 Å². The van der Waals surface area contributed by atoms with Gasteiger partial charge in [0.05, 0.1) is 0 Å². The predicted octanol–water partition coefficient (Wildman–Crippen LogP) is 5.62. The first-order chi connectivity index (χ1) is 11.8. The molecule has 0 aromatic carbocycles. The molecule has 0 saturated heterocycles. The van der Waals surface area contributed by atoms with E-state index in [2.05, 4.69) is 24.0 Å². The maximum Gasteiger partial charge on any atom is 0.0435 e. The SMILES string of the molecule is CC/C1=C(\C2=C(\N)CCc3cccnc3CCC2)CCCCCC1. The van der Waals surface area contributed by atoms with E-state index in [1.165, 1.54) is 68.2 Å². The number of nitrogens with two attached hydrogens (primary N) is 1. The first-order valence-electron chi connectivity index (χ1n) is 9.91. The van der Waals surface area contributed by atoms with E-state index in [9.17, 15) is 0 Å². The summed E-state index contributed by atoms with van der Waals surface area (Å²) < 4.78 is 0. The second kappa shape index (κ2) is 8.50. The average Bonchev–Trinajstić information content (AvgIpc) is 2.65. The van der Waals surface area contributed by atoms with Crippen LogP contribution in [0.4, 0.5) is 0 Å². The van der Waals surface area contributed by atoms with Gasteiger partial charge in [-0.15, -0.1) is 0 Å². The average molecular weight is 325 g/mol. The van der Waals surface area contributed by atoms with Crippen LogP contribution in [0.1, 0.15) is 82.4 Å². The lowest BCUT2D eigenvalue weighted by atomic mass is 9.85. The molecule has 0 atom stereocenters. The second-order valence-electron chi connectivity index (χ2n) is 7.32. The molecule has 2 aliphatic rings. The summed E-state index contributed by atoms with van der Waals surface area (Å²) in [7, 11) is 0. The Bertz CT molecular complexity index is 625. The Morgan fingerprint density at radius 1 is 0.875 bits per heavy atom. The quantitative estimate of drug-likeness (QED) is 0.766. The van der Waals surface area contributed by atoms with Gasteiger partial charge in [-0.25, -0.2) is 0 Å². The number of allylic oxidation sites excluding steroid dienone is 4. The highest BCUT2D eigenvalue weighted by Gasteiger charge is 2.18. The molecule has 130 valence electrons. The molecule has 0 amide bonds. The standard InChI is InChI=1S/C22H32N2/c1-2-17-9-5-3-4-6-11-19(17)20-12-7-13-22-18(10-8-16-24-22)14-15-21(20)23/h8,10,16H,2-7,9,11-15,23H2,1H3/b19-17+,21-20+. The van der Waals surface area contributed by atoms with E-state index in [-0.39, 0.29) is 0 Å². The molecule has 0 radical (unpaired) electrons. The van der Waals surface area contributed by atoms with Gasteiger partial charge in [-0.3, -0.25) is 4.98 Å². The van der Waals surface area contributed by atoms with E-state index in [4.69, 9.17) is 5.73 Å². The van der Waals surface area contributed by atoms with Crippen molar-refractivity contribution in [2.24, 2.45) is 5.73 Å². The molecule has 0 saturated carbocycles. The van der Waals surface area contributed by atoms with Crippen molar-refractivity contribution in [3.8, 4) is 0 Å². The smallest absolute Gasteiger partial charge is 0.0435 e. The molecule has 0 spiro atoms. The molecule has 0 bridgehead atoms. The van der Waals surface area contributed by atoms with Crippen molar-refractivity contribution in [2.75, 3.05) is 0 Å². The van der Waals surface area contributed by atoms with Gasteiger partial charge in [0.25, 0.3) is 0 Å². The van der Waals surface area contributed by atoms with Gasteiger partial charge in [0, 0.05) is 17.6 Å². The zero-order valence-corrected chi connectivity index (χ0v) is 15.2. The van der Waals surface area contributed by atoms with E-state index in [0.29, 0.717) is 0 Å². The third-order valence-corrected chi connectivity index (χ3v) is 5.75. The number of hydrogen-bond donors (Lipinski definition) is 1. The molecular weight excluding hydrogens is 292 g/mol. The van der Waals surface area contributed by atoms with Gasteiger partial charge in [-0.1, -0.05) is 31.4 Å². The number of nitrogens with zero attached hydrogens (tertiary/aromatic N) is 1. The number of pyridine rings is 1. The lowest BCUT2D eigenvalue weighted by Crippen LogP contribution is -2.09. The first kappa shape index (κ1) is 17.3. The van der Waals surface area contributed by atoms with Crippen LogP contribution in [0.3, 0.4) is 0 Å². The molecule has 0 fully saturated rings. The van der Waals surface area contributed by atoms with Crippen LogP contribution in [-0.2, 0) is 12.8 Å².